The molecule has 1 unspecified atom stereocenters. The van der Waals surface area contributed by atoms with Crippen molar-refractivity contribution in [2.45, 2.75) is 20.3 Å². The monoisotopic (exact) mass is 388 g/mol. The lowest BCUT2D eigenvalue weighted by Gasteiger charge is -2.16. The van der Waals surface area contributed by atoms with Gasteiger partial charge in [-0.1, -0.05) is 30.3 Å². The molecule has 1 saturated heterocycles. The van der Waals surface area contributed by atoms with Crippen molar-refractivity contribution in [3.8, 4) is 16.9 Å². The predicted octanol–water partition coefficient (Wildman–Crippen LogP) is 3.84. The van der Waals surface area contributed by atoms with Crippen LogP contribution in [0.15, 0.2) is 54.7 Å². The van der Waals surface area contributed by atoms with E-state index in [9.17, 15) is 4.79 Å². The summed E-state index contributed by atoms with van der Waals surface area (Å²) >= 11 is 0. The van der Waals surface area contributed by atoms with Gasteiger partial charge in [0.25, 0.3) is 5.91 Å². The molecule has 0 radical (unpaired) electrons. The summed E-state index contributed by atoms with van der Waals surface area (Å²) in [5.74, 6) is 0.581. The molecule has 1 N–H and O–H groups in total. The van der Waals surface area contributed by atoms with Gasteiger partial charge in [-0.2, -0.15) is 5.10 Å². The fourth-order valence-electron chi connectivity index (χ4n) is 3.99. The van der Waals surface area contributed by atoms with Crippen molar-refractivity contribution >= 4 is 5.91 Å². The van der Waals surface area contributed by atoms with E-state index in [4.69, 9.17) is 5.10 Å². The number of nitrogens with one attached hydrogen (secondary N) is 1. The first kappa shape index (κ1) is 19.4. The smallest absolute Gasteiger partial charge is 0.257 e. The van der Waals surface area contributed by atoms with Crippen LogP contribution in [0.3, 0.4) is 0 Å². The zero-order chi connectivity index (χ0) is 20.4. The second-order valence-electron chi connectivity index (χ2n) is 7.93. The SMILES string of the molecule is CNCC1CCN(C(=O)c2cn(-c3ccccc3)nc2-c2ccc(C)c(C)c2)C1. The number of hydrogen-bond acceptors (Lipinski definition) is 3. The van der Waals surface area contributed by atoms with Crippen LogP contribution in [-0.4, -0.2) is 47.3 Å². The minimum atomic E-state index is 0.0685. The molecule has 2 aromatic carbocycles. The molecular formula is C24H28N4O. The largest absolute Gasteiger partial charge is 0.338 e. The number of carbonyl (C=O) groups is 1. The molecule has 3 aromatic rings. The Morgan fingerprint density at radius 2 is 1.93 bits per heavy atom. The number of nitrogens with zero attached hydrogens (tertiary/aromatic N) is 3. The number of likely N-dealkylation sites (tertiary alicyclic amines) is 1. The van der Waals surface area contributed by atoms with Gasteiger partial charge in [-0.15, -0.1) is 0 Å². The average Bonchev–Trinajstić information content (AvgIpc) is 3.38. The number of rotatable bonds is 5. The van der Waals surface area contributed by atoms with E-state index in [-0.39, 0.29) is 5.91 Å². The van der Waals surface area contributed by atoms with Crippen LogP contribution < -0.4 is 5.32 Å². The van der Waals surface area contributed by atoms with Gasteiger partial charge >= 0.3 is 0 Å². The number of carbonyl (C=O) groups excluding carboxylic acids is 1. The molecule has 29 heavy (non-hydrogen) atoms. The van der Waals surface area contributed by atoms with Gasteiger partial charge in [0, 0.05) is 24.8 Å². The summed E-state index contributed by atoms with van der Waals surface area (Å²) in [7, 11) is 1.96. The maximum absolute atomic E-state index is 13.4. The summed E-state index contributed by atoms with van der Waals surface area (Å²) in [6, 6.07) is 16.2. The molecule has 1 aliphatic rings. The Kier molecular flexibility index (Phi) is 5.49. The van der Waals surface area contributed by atoms with Gasteiger partial charge < -0.3 is 10.2 Å². The van der Waals surface area contributed by atoms with E-state index in [1.807, 2.05) is 53.2 Å². The Balaban J connectivity index is 1.74. The zero-order valence-corrected chi connectivity index (χ0v) is 17.4. The van der Waals surface area contributed by atoms with Gasteiger partial charge in [-0.3, -0.25) is 4.79 Å². The predicted molar refractivity (Wildman–Crippen MR) is 116 cm³/mol. The lowest BCUT2D eigenvalue weighted by atomic mass is 10.0. The minimum absolute atomic E-state index is 0.0685. The van der Waals surface area contributed by atoms with Gasteiger partial charge in [0.1, 0.15) is 5.69 Å². The summed E-state index contributed by atoms with van der Waals surface area (Å²) in [6.07, 6.45) is 2.92. The standard InChI is InChI=1S/C24H28N4O/c1-17-9-10-20(13-18(17)2)23-22(16-28(26-23)21-7-5-4-6-8-21)24(29)27-12-11-19(15-27)14-25-3/h4-10,13,16,19,25H,11-12,14-15H2,1-3H3. The fraction of sp³-hybridized carbons (Fsp3) is 0.333. The highest BCUT2D eigenvalue weighted by molar-refractivity contribution is 6.00. The Morgan fingerprint density at radius 1 is 1.14 bits per heavy atom. The minimum Gasteiger partial charge on any atom is -0.338 e. The van der Waals surface area contributed by atoms with E-state index in [2.05, 4.69) is 37.4 Å². The van der Waals surface area contributed by atoms with Crippen molar-refractivity contribution in [1.82, 2.24) is 20.0 Å². The normalized spacial score (nSPS) is 16.4. The first-order valence-corrected chi connectivity index (χ1v) is 10.2. The molecular weight excluding hydrogens is 360 g/mol. The van der Waals surface area contributed by atoms with Crippen molar-refractivity contribution < 1.29 is 4.79 Å². The van der Waals surface area contributed by atoms with Gasteiger partial charge in [0.05, 0.1) is 11.3 Å². The highest BCUT2D eigenvalue weighted by Gasteiger charge is 2.29. The molecule has 0 aliphatic carbocycles. The Bertz CT molecular complexity index is 1010. The maximum atomic E-state index is 13.4. The van der Waals surface area contributed by atoms with Gasteiger partial charge in [0.2, 0.25) is 0 Å². The molecule has 5 nitrogen and oxygen atoms in total. The van der Waals surface area contributed by atoms with Crippen LogP contribution in [0.4, 0.5) is 0 Å². The number of amides is 1. The summed E-state index contributed by atoms with van der Waals surface area (Å²) in [6.45, 7) is 6.73. The summed E-state index contributed by atoms with van der Waals surface area (Å²) < 4.78 is 1.82. The number of benzene rings is 2. The Labute approximate surface area is 172 Å². The highest BCUT2D eigenvalue weighted by Crippen LogP contribution is 2.28. The van der Waals surface area contributed by atoms with Crippen molar-refractivity contribution in [2.24, 2.45) is 5.92 Å². The molecule has 5 heteroatoms. The molecule has 4 rings (SSSR count). The van der Waals surface area contributed by atoms with E-state index in [1.54, 1.807) is 0 Å². The second kappa shape index (κ2) is 8.21. The average molecular weight is 389 g/mol. The van der Waals surface area contributed by atoms with E-state index >= 15 is 0 Å². The molecule has 1 fully saturated rings. The summed E-state index contributed by atoms with van der Waals surface area (Å²) in [4.78, 5) is 15.4. The fourth-order valence-corrected chi connectivity index (χ4v) is 3.99. The van der Waals surface area contributed by atoms with Gasteiger partial charge in [-0.05, 0) is 69.1 Å². The molecule has 0 saturated carbocycles. The van der Waals surface area contributed by atoms with E-state index < -0.39 is 0 Å². The van der Waals surface area contributed by atoms with Crippen molar-refractivity contribution in [3.05, 3.63) is 71.4 Å². The third-order valence-corrected chi connectivity index (χ3v) is 5.81. The zero-order valence-electron chi connectivity index (χ0n) is 17.4. The van der Waals surface area contributed by atoms with Crippen LogP contribution in [0, 0.1) is 19.8 Å². The molecule has 150 valence electrons. The lowest BCUT2D eigenvalue weighted by molar-refractivity contribution is 0.0788. The van der Waals surface area contributed by atoms with E-state index in [0.29, 0.717) is 11.5 Å². The molecule has 2 heterocycles. The lowest BCUT2D eigenvalue weighted by Crippen LogP contribution is -2.30. The third kappa shape index (κ3) is 3.96. The Morgan fingerprint density at radius 3 is 2.66 bits per heavy atom. The first-order valence-electron chi connectivity index (χ1n) is 10.2. The van der Waals surface area contributed by atoms with Crippen LogP contribution in [0.5, 0.6) is 0 Å². The topological polar surface area (TPSA) is 50.2 Å². The molecule has 1 atom stereocenters. The van der Waals surface area contributed by atoms with Crippen LogP contribution in [-0.2, 0) is 0 Å². The molecule has 1 amide bonds. The maximum Gasteiger partial charge on any atom is 0.257 e. The van der Waals surface area contributed by atoms with Crippen LogP contribution >= 0.6 is 0 Å². The molecule has 0 bridgehead atoms. The van der Waals surface area contributed by atoms with Crippen LogP contribution in [0.25, 0.3) is 16.9 Å². The highest BCUT2D eigenvalue weighted by atomic mass is 16.2. The number of aromatic nitrogens is 2. The third-order valence-electron chi connectivity index (χ3n) is 5.81. The summed E-state index contributed by atoms with van der Waals surface area (Å²) in [5, 5.41) is 8.05. The Hall–Kier alpha value is -2.92. The van der Waals surface area contributed by atoms with E-state index in [1.165, 1.54) is 11.1 Å². The van der Waals surface area contributed by atoms with Crippen molar-refractivity contribution in [2.75, 3.05) is 26.7 Å². The van der Waals surface area contributed by atoms with Crippen molar-refractivity contribution in [1.29, 1.82) is 0 Å². The van der Waals surface area contributed by atoms with Crippen LogP contribution in [0.1, 0.15) is 27.9 Å². The van der Waals surface area contributed by atoms with E-state index in [0.717, 1.165) is 43.0 Å². The van der Waals surface area contributed by atoms with Gasteiger partial charge in [0.15, 0.2) is 0 Å². The van der Waals surface area contributed by atoms with Gasteiger partial charge in [-0.25, -0.2) is 4.68 Å². The number of para-hydroxylation sites is 1. The van der Waals surface area contributed by atoms with Crippen LogP contribution in [0.2, 0.25) is 0 Å². The number of aryl methyl sites for hydroxylation is 2. The molecule has 1 aromatic heterocycles. The van der Waals surface area contributed by atoms with Crippen molar-refractivity contribution in [3.63, 3.8) is 0 Å². The quantitative estimate of drug-likeness (QED) is 0.723. The summed E-state index contributed by atoms with van der Waals surface area (Å²) in [5.41, 5.74) is 5.79. The molecule has 1 aliphatic heterocycles. The molecule has 0 spiro atoms. The second-order valence-corrected chi connectivity index (χ2v) is 7.93. The first-order chi connectivity index (χ1) is 14.1. The number of hydrogen-bond donors (Lipinski definition) is 1.